The molecule has 0 heterocycles. The van der Waals surface area contributed by atoms with Crippen LogP contribution in [0.3, 0.4) is 0 Å². The van der Waals surface area contributed by atoms with E-state index in [0.29, 0.717) is 0 Å². The molecule has 0 bridgehead atoms. The van der Waals surface area contributed by atoms with Crippen LogP contribution in [0.5, 0.6) is 0 Å². The fraction of sp³-hybridized carbons (Fsp3) is 0.409. The number of aryl methyl sites for hydroxylation is 1. The van der Waals surface area contributed by atoms with E-state index >= 15 is 0 Å². The summed E-state index contributed by atoms with van der Waals surface area (Å²) in [7, 11) is 0. The van der Waals surface area contributed by atoms with E-state index in [1.807, 2.05) is 12.1 Å². The number of unbranched alkanes of at least 4 members (excludes halogenated alkanes) is 3. The highest BCUT2D eigenvalue weighted by Gasteiger charge is 2.06. The van der Waals surface area contributed by atoms with Gasteiger partial charge in [-0.15, -0.1) is 0 Å². The summed E-state index contributed by atoms with van der Waals surface area (Å²) in [5.74, 6) is 0.913. The Morgan fingerprint density at radius 2 is 1.38 bits per heavy atom. The Balaban J connectivity index is 1.96. The van der Waals surface area contributed by atoms with Crippen LogP contribution in [-0.2, 0) is 6.42 Å². The van der Waals surface area contributed by atoms with Gasteiger partial charge >= 0.3 is 0 Å². The minimum Gasteiger partial charge on any atom is -0.282 e. The lowest BCUT2D eigenvalue weighted by atomic mass is 10.0. The molecule has 24 heavy (non-hydrogen) atoms. The Morgan fingerprint density at radius 3 is 1.96 bits per heavy atom. The number of hydrogen-bond acceptors (Lipinski definition) is 2. The smallest absolute Gasteiger partial charge is 0.219 e. The number of carbonyl (C=O) groups is 1. The van der Waals surface area contributed by atoms with Crippen LogP contribution < -0.4 is 0 Å². The van der Waals surface area contributed by atoms with Crippen molar-refractivity contribution in [3.63, 3.8) is 0 Å². The molecule has 0 amide bonds. The van der Waals surface area contributed by atoms with Crippen LogP contribution in [0.2, 0.25) is 0 Å². The fourth-order valence-corrected chi connectivity index (χ4v) is 3.56. The van der Waals surface area contributed by atoms with Gasteiger partial charge in [0.1, 0.15) is 0 Å². The second-order valence-electron chi connectivity index (χ2n) is 6.22. The van der Waals surface area contributed by atoms with Gasteiger partial charge in [-0.1, -0.05) is 81.3 Å². The maximum absolute atomic E-state index is 12.1. The number of benzene rings is 2. The largest absolute Gasteiger partial charge is 0.282 e. The van der Waals surface area contributed by atoms with Gasteiger partial charge < -0.3 is 0 Å². The number of thioether (sulfide) groups is 1. The van der Waals surface area contributed by atoms with Crippen molar-refractivity contribution < 1.29 is 4.79 Å². The van der Waals surface area contributed by atoms with E-state index in [1.165, 1.54) is 47.7 Å². The van der Waals surface area contributed by atoms with E-state index < -0.39 is 0 Å². The lowest BCUT2D eigenvalue weighted by Gasteiger charge is -2.06. The molecule has 0 radical (unpaired) electrons. The monoisotopic (exact) mass is 340 g/mol. The van der Waals surface area contributed by atoms with E-state index in [-0.39, 0.29) is 5.12 Å². The molecule has 2 rings (SSSR count). The van der Waals surface area contributed by atoms with Crippen LogP contribution in [0.15, 0.2) is 48.5 Å². The minimum absolute atomic E-state index is 0.182. The first kappa shape index (κ1) is 18.8. The second kappa shape index (κ2) is 10.4. The van der Waals surface area contributed by atoms with Crippen LogP contribution in [0.25, 0.3) is 11.1 Å². The Labute approximate surface area is 150 Å². The van der Waals surface area contributed by atoms with Gasteiger partial charge in [-0.05, 0) is 48.1 Å². The first-order chi connectivity index (χ1) is 11.7. The topological polar surface area (TPSA) is 17.1 Å². The van der Waals surface area contributed by atoms with E-state index in [0.717, 1.165) is 30.6 Å². The fourth-order valence-electron chi connectivity index (χ4n) is 2.63. The summed E-state index contributed by atoms with van der Waals surface area (Å²) in [5.41, 5.74) is 4.60. The van der Waals surface area contributed by atoms with Gasteiger partial charge in [0.15, 0.2) is 0 Å². The van der Waals surface area contributed by atoms with Crippen molar-refractivity contribution in [3.05, 3.63) is 59.7 Å². The first-order valence-electron chi connectivity index (χ1n) is 9.11. The van der Waals surface area contributed by atoms with Crippen molar-refractivity contribution in [2.75, 3.05) is 5.75 Å². The van der Waals surface area contributed by atoms with Gasteiger partial charge in [0.25, 0.3) is 0 Å². The second-order valence-corrected chi connectivity index (χ2v) is 7.29. The Morgan fingerprint density at radius 1 is 0.792 bits per heavy atom. The van der Waals surface area contributed by atoms with Crippen molar-refractivity contribution in [1.82, 2.24) is 0 Å². The molecule has 0 aliphatic heterocycles. The predicted octanol–water partition coefficient (Wildman–Crippen LogP) is 6.76. The molecule has 0 unspecified atom stereocenters. The number of rotatable bonds is 9. The third-order valence-corrected chi connectivity index (χ3v) is 5.20. The zero-order valence-corrected chi connectivity index (χ0v) is 15.7. The Bertz CT molecular complexity index is 613. The molecule has 0 aliphatic carbocycles. The Kier molecular flexibility index (Phi) is 8.11. The molecule has 128 valence electrons. The third-order valence-electron chi connectivity index (χ3n) is 4.21. The molecule has 0 fully saturated rings. The summed E-state index contributed by atoms with van der Waals surface area (Å²) in [4.78, 5) is 12.1. The molecule has 2 aromatic carbocycles. The van der Waals surface area contributed by atoms with Gasteiger partial charge in [0.2, 0.25) is 5.12 Å². The van der Waals surface area contributed by atoms with Gasteiger partial charge in [-0.2, -0.15) is 0 Å². The summed E-state index contributed by atoms with van der Waals surface area (Å²) in [5, 5.41) is 0.182. The van der Waals surface area contributed by atoms with Crippen LogP contribution in [-0.4, -0.2) is 10.9 Å². The molecule has 0 saturated heterocycles. The zero-order valence-electron chi connectivity index (χ0n) is 14.9. The Hall–Kier alpha value is -1.54. The van der Waals surface area contributed by atoms with E-state index in [1.54, 1.807) is 0 Å². The molecule has 0 aromatic heterocycles. The van der Waals surface area contributed by atoms with Gasteiger partial charge in [-0.3, -0.25) is 4.79 Å². The SMILES string of the molecule is CCCCCc1ccc(-c2ccc(C(=O)SCCCC)cc2)cc1. The standard InChI is InChI=1S/C22H28OS/c1-3-5-7-8-18-9-11-19(12-10-18)20-13-15-21(16-14-20)22(23)24-17-6-4-2/h9-16H,3-8,17H2,1-2H3. The van der Waals surface area contributed by atoms with E-state index in [4.69, 9.17) is 0 Å². The van der Waals surface area contributed by atoms with E-state index in [2.05, 4.69) is 50.2 Å². The van der Waals surface area contributed by atoms with Crippen molar-refractivity contribution >= 4 is 16.9 Å². The highest BCUT2D eigenvalue weighted by atomic mass is 32.2. The van der Waals surface area contributed by atoms with Gasteiger partial charge in [0.05, 0.1) is 0 Å². The van der Waals surface area contributed by atoms with Crippen LogP contribution in [0.1, 0.15) is 61.9 Å². The molecule has 2 aromatic rings. The first-order valence-corrected chi connectivity index (χ1v) is 10.1. The highest BCUT2D eigenvalue weighted by molar-refractivity contribution is 8.14. The maximum atomic E-state index is 12.1. The summed E-state index contributed by atoms with van der Waals surface area (Å²) < 4.78 is 0. The van der Waals surface area contributed by atoms with Crippen LogP contribution >= 0.6 is 11.8 Å². The van der Waals surface area contributed by atoms with Crippen LogP contribution in [0.4, 0.5) is 0 Å². The predicted molar refractivity (Wildman–Crippen MR) is 107 cm³/mol. The van der Waals surface area contributed by atoms with Crippen molar-refractivity contribution in [2.24, 2.45) is 0 Å². The molecule has 0 spiro atoms. The summed E-state index contributed by atoms with van der Waals surface area (Å²) in [6, 6.07) is 16.8. The van der Waals surface area contributed by atoms with E-state index in [9.17, 15) is 4.79 Å². The summed E-state index contributed by atoms with van der Waals surface area (Å²) in [6.45, 7) is 4.38. The quantitative estimate of drug-likeness (QED) is 0.469. The molecule has 0 atom stereocenters. The van der Waals surface area contributed by atoms with Crippen LogP contribution in [0, 0.1) is 0 Å². The molecule has 2 heteroatoms. The normalized spacial score (nSPS) is 10.8. The molecule has 0 N–H and O–H groups in total. The molecular weight excluding hydrogens is 312 g/mol. The lowest BCUT2D eigenvalue weighted by molar-refractivity contribution is 0.108. The van der Waals surface area contributed by atoms with Crippen molar-refractivity contribution in [1.29, 1.82) is 0 Å². The third kappa shape index (κ3) is 5.83. The van der Waals surface area contributed by atoms with Crippen molar-refractivity contribution in [2.45, 2.75) is 52.4 Å². The molecule has 1 nitrogen and oxygen atoms in total. The number of hydrogen-bond donors (Lipinski definition) is 0. The average molecular weight is 341 g/mol. The highest BCUT2D eigenvalue weighted by Crippen LogP contribution is 2.23. The molecule has 0 aliphatic rings. The minimum atomic E-state index is 0.182. The molecule has 0 saturated carbocycles. The molecular formula is C22H28OS. The van der Waals surface area contributed by atoms with Gasteiger partial charge in [-0.25, -0.2) is 0 Å². The summed E-state index contributed by atoms with van der Waals surface area (Å²) >= 11 is 1.43. The maximum Gasteiger partial charge on any atom is 0.219 e. The zero-order chi connectivity index (χ0) is 17.2. The summed E-state index contributed by atoms with van der Waals surface area (Å²) in [6.07, 6.45) is 7.22. The lowest BCUT2D eigenvalue weighted by Crippen LogP contribution is -1.95. The number of carbonyl (C=O) groups excluding carboxylic acids is 1. The van der Waals surface area contributed by atoms with Crippen molar-refractivity contribution in [3.8, 4) is 11.1 Å². The average Bonchev–Trinajstić information content (AvgIpc) is 2.63. The van der Waals surface area contributed by atoms with Gasteiger partial charge in [0, 0.05) is 11.3 Å².